The Morgan fingerprint density at radius 2 is 1.68 bits per heavy atom. The van der Waals surface area contributed by atoms with Crippen LogP contribution in [-0.4, -0.2) is 11.8 Å². The van der Waals surface area contributed by atoms with Gasteiger partial charge < -0.3 is 10.7 Å². The molecule has 0 saturated carbocycles. The summed E-state index contributed by atoms with van der Waals surface area (Å²) in [5, 5.41) is 11.6. The van der Waals surface area contributed by atoms with Gasteiger partial charge in [0, 0.05) is 17.5 Å². The SMILES string of the molecule is CCCC(CCC(C)C)N/C(=C\C(=N)CC)C(C)C. The zero-order valence-electron chi connectivity index (χ0n) is 13.8. The van der Waals surface area contributed by atoms with Gasteiger partial charge in [-0.25, -0.2) is 0 Å². The van der Waals surface area contributed by atoms with Gasteiger partial charge in [0.1, 0.15) is 0 Å². The lowest BCUT2D eigenvalue weighted by atomic mass is 9.98. The number of hydrogen-bond donors (Lipinski definition) is 2. The Labute approximate surface area is 120 Å². The fourth-order valence-corrected chi connectivity index (χ4v) is 2.07. The summed E-state index contributed by atoms with van der Waals surface area (Å²) in [7, 11) is 0. The molecular formula is C17H34N2. The van der Waals surface area contributed by atoms with Crippen molar-refractivity contribution in [2.75, 3.05) is 0 Å². The lowest BCUT2D eigenvalue weighted by molar-refractivity contribution is 0.419. The first kappa shape index (κ1) is 18.2. The van der Waals surface area contributed by atoms with E-state index in [0.29, 0.717) is 12.0 Å². The summed E-state index contributed by atoms with van der Waals surface area (Å²) in [4.78, 5) is 0. The van der Waals surface area contributed by atoms with Gasteiger partial charge in [-0.1, -0.05) is 48.0 Å². The molecule has 0 aliphatic rings. The lowest BCUT2D eigenvalue weighted by Crippen LogP contribution is -2.31. The number of hydrogen-bond acceptors (Lipinski definition) is 2. The van der Waals surface area contributed by atoms with E-state index in [0.717, 1.165) is 18.1 Å². The highest BCUT2D eigenvalue weighted by atomic mass is 14.9. The van der Waals surface area contributed by atoms with Crippen molar-refractivity contribution in [2.24, 2.45) is 11.8 Å². The van der Waals surface area contributed by atoms with Gasteiger partial charge in [0.05, 0.1) is 0 Å². The van der Waals surface area contributed by atoms with E-state index in [-0.39, 0.29) is 0 Å². The van der Waals surface area contributed by atoms with E-state index < -0.39 is 0 Å². The first-order valence-electron chi connectivity index (χ1n) is 7.96. The Morgan fingerprint density at radius 3 is 2.11 bits per heavy atom. The lowest BCUT2D eigenvalue weighted by Gasteiger charge is -2.24. The molecule has 0 rings (SSSR count). The molecule has 2 N–H and O–H groups in total. The van der Waals surface area contributed by atoms with E-state index >= 15 is 0 Å². The first-order valence-corrected chi connectivity index (χ1v) is 7.96. The summed E-state index contributed by atoms with van der Waals surface area (Å²) in [6.07, 6.45) is 7.77. The van der Waals surface area contributed by atoms with E-state index in [4.69, 9.17) is 5.41 Å². The van der Waals surface area contributed by atoms with Crippen LogP contribution in [0.2, 0.25) is 0 Å². The van der Waals surface area contributed by atoms with Crippen molar-refractivity contribution in [2.45, 2.75) is 79.7 Å². The standard InChI is InChI=1S/C17H34N2/c1-7-9-16(11-10-13(3)4)19-17(14(5)6)12-15(18)8-2/h12-14,16,18-19H,7-11H2,1-6H3/b17-12-,18-15?. The molecule has 0 aliphatic heterocycles. The molecule has 0 amide bonds. The predicted octanol–water partition coefficient (Wildman–Crippen LogP) is 5.15. The van der Waals surface area contributed by atoms with Crippen LogP contribution in [0.3, 0.4) is 0 Å². The third-order valence-electron chi connectivity index (χ3n) is 3.43. The maximum Gasteiger partial charge on any atom is 0.0328 e. The second kappa shape index (κ2) is 10.1. The Bertz CT molecular complexity index is 277. The molecule has 112 valence electrons. The molecule has 0 radical (unpaired) electrons. The van der Waals surface area contributed by atoms with E-state index in [1.54, 1.807) is 0 Å². The molecule has 0 aromatic carbocycles. The van der Waals surface area contributed by atoms with Crippen molar-refractivity contribution in [3.8, 4) is 0 Å². The van der Waals surface area contributed by atoms with Gasteiger partial charge in [0.2, 0.25) is 0 Å². The van der Waals surface area contributed by atoms with Crippen LogP contribution in [0.25, 0.3) is 0 Å². The summed E-state index contributed by atoms with van der Waals surface area (Å²) < 4.78 is 0. The van der Waals surface area contributed by atoms with Crippen LogP contribution >= 0.6 is 0 Å². The van der Waals surface area contributed by atoms with Crippen LogP contribution in [0.5, 0.6) is 0 Å². The van der Waals surface area contributed by atoms with Gasteiger partial charge >= 0.3 is 0 Å². The molecule has 0 aliphatic carbocycles. The van der Waals surface area contributed by atoms with Crippen LogP contribution in [0, 0.1) is 17.2 Å². The Hall–Kier alpha value is -0.790. The van der Waals surface area contributed by atoms with Gasteiger partial charge in [-0.2, -0.15) is 0 Å². The normalized spacial score (nSPS) is 14.0. The molecule has 1 unspecified atom stereocenters. The van der Waals surface area contributed by atoms with Crippen molar-refractivity contribution in [1.82, 2.24) is 5.32 Å². The Balaban J connectivity index is 4.65. The summed E-state index contributed by atoms with van der Waals surface area (Å²) in [6, 6.07) is 0.561. The largest absolute Gasteiger partial charge is 0.385 e. The van der Waals surface area contributed by atoms with Gasteiger partial charge in [0.25, 0.3) is 0 Å². The van der Waals surface area contributed by atoms with Crippen molar-refractivity contribution >= 4 is 5.71 Å². The summed E-state index contributed by atoms with van der Waals surface area (Å²) in [5.41, 5.74) is 1.95. The molecule has 0 saturated heterocycles. The quantitative estimate of drug-likeness (QED) is 0.527. The van der Waals surface area contributed by atoms with Crippen LogP contribution in [-0.2, 0) is 0 Å². The van der Waals surface area contributed by atoms with Gasteiger partial charge in [-0.15, -0.1) is 0 Å². The zero-order chi connectivity index (χ0) is 14.8. The number of nitrogens with one attached hydrogen (secondary N) is 2. The number of rotatable bonds is 10. The van der Waals surface area contributed by atoms with E-state index in [1.807, 2.05) is 13.0 Å². The maximum atomic E-state index is 7.86. The highest BCUT2D eigenvalue weighted by molar-refractivity contribution is 5.92. The highest BCUT2D eigenvalue weighted by Gasteiger charge is 2.12. The summed E-state index contributed by atoms with van der Waals surface area (Å²) in [5.74, 6) is 1.23. The monoisotopic (exact) mass is 266 g/mol. The summed E-state index contributed by atoms with van der Waals surface area (Å²) >= 11 is 0. The van der Waals surface area contributed by atoms with Crippen LogP contribution < -0.4 is 5.32 Å². The van der Waals surface area contributed by atoms with Crippen molar-refractivity contribution < 1.29 is 0 Å². The molecule has 2 nitrogen and oxygen atoms in total. The van der Waals surface area contributed by atoms with E-state index in [1.165, 1.54) is 31.4 Å². The van der Waals surface area contributed by atoms with E-state index in [2.05, 4.69) is 39.9 Å². The molecule has 19 heavy (non-hydrogen) atoms. The van der Waals surface area contributed by atoms with E-state index in [9.17, 15) is 0 Å². The van der Waals surface area contributed by atoms with Gasteiger partial charge in [-0.3, -0.25) is 0 Å². The number of allylic oxidation sites excluding steroid dienone is 2. The van der Waals surface area contributed by atoms with Crippen molar-refractivity contribution in [1.29, 1.82) is 5.41 Å². The molecule has 0 spiro atoms. The fourth-order valence-electron chi connectivity index (χ4n) is 2.07. The van der Waals surface area contributed by atoms with Gasteiger partial charge in [-0.05, 0) is 43.6 Å². The minimum absolute atomic E-state index is 0.463. The molecule has 0 aromatic heterocycles. The third kappa shape index (κ3) is 8.85. The van der Waals surface area contributed by atoms with Crippen molar-refractivity contribution in [3.05, 3.63) is 11.8 Å². The molecule has 0 aromatic rings. The average molecular weight is 266 g/mol. The molecule has 0 bridgehead atoms. The molecule has 2 heteroatoms. The zero-order valence-corrected chi connectivity index (χ0v) is 13.8. The van der Waals surface area contributed by atoms with Gasteiger partial charge in [0.15, 0.2) is 0 Å². The third-order valence-corrected chi connectivity index (χ3v) is 3.43. The van der Waals surface area contributed by atoms with Crippen molar-refractivity contribution in [3.63, 3.8) is 0 Å². The second-order valence-electron chi connectivity index (χ2n) is 6.23. The Kier molecular flexibility index (Phi) is 9.63. The first-order chi connectivity index (χ1) is 8.90. The molecular weight excluding hydrogens is 232 g/mol. The van der Waals surface area contributed by atoms with Crippen LogP contribution in [0.4, 0.5) is 0 Å². The fraction of sp³-hybridized carbons (Fsp3) is 0.824. The maximum absolute atomic E-state index is 7.86. The average Bonchev–Trinajstić information content (AvgIpc) is 2.34. The minimum Gasteiger partial charge on any atom is -0.385 e. The minimum atomic E-state index is 0.463. The smallest absolute Gasteiger partial charge is 0.0328 e. The summed E-state index contributed by atoms with van der Waals surface area (Å²) in [6.45, 7) is 13.3. The molecule has 0 fully saturated rings. The highest BCUT2D eigenvalue weighted by Crippen LogP contribution is 2.15. The molecule has 1 atom stereocenters. The second-order valence-corrected chi connectivity index (χ2v) is 6.23. The topological polar surface area (TPSA) is 35.9 Å². The predicted molar refractivity (Wildman–Crippen MR) is 86.8 cm³/mol. The Morgan fingerprint density at radius 1 is 1.05 bits per heavy atom. The van der Waals surface area contributed by atoms with Crippen LogP contribution in [0.15, 0.2) is 11.8 Å². The van der Waals surface area contributed by atoms with Crippen LogP contribution in [0.1, 0.15) is 73.6 Å². The molecule has 0 heterocycles.